The van der Waals surface area contributed by atoms with Gasteiger partial charge in [-0.3, -0.25) is 14.4 Å². The molecule has 3 aromatic rings. The molecule has 0 aromatic heterocycles. The first-order chi connectivity index (χ1) is 17.7. The van der Waals surface area contributed by atoms with E-state index in [-0.39, 0.29) is 28.9 Å². The topological polar surface area (TPSA) is 105 Å². The molecule has 3 amide bonds. The first-order valence-corrected chi connectivity index (χ1v) is 11.9. The number of hydrogen-bond donors (Lipinski definition) is 2. The fraction of sp³-hybridized carbons (Fsp3) is 0.143. The minimum atomic E-state index is -0.692. The molecule has 1 heterocycles. The van der Waals surface area contributed by atoms with Gasteiger partial charge in [0.1, 0.15) is 10.7 Å². The maximum Gasteiger partial charge on any atom is 0.338 e. The van der Waals surface area contributed by atoms with Gasteiger partial charge in [0.2, 0.25) is 0 Å². The van der Waals surface area contributed by atoms with Crippen LogP contribution in [0.3, 0.4) is 0 Å². The van der Waals surface area contributed by atoms with Crippen molar-refractivity contribution in [1.82, 2.24) is 0 Å². The second-order valence-corrected chi connectivity index (χ2v) is 8.75. The van der Waals surface area contributed by atoms with Gasteiger partial charge in [-0.25, -0.2) is 9.69 Å². The third-order valence-electron chi connectivity index (χ3n) is 5.72. The van der Waals surface area contributed by atoms with Crippen molar-refractivity contribution >= 4 is 52.4 Å². The van der Waals surface area contributed by atoms with E-state index < -0.39 is 17.8 Å². The van der Waals surface area contributed by atoms with Gasteiger partial charge in [0.05, 0.1) is 17.9 Å². The number of nitrogens with zero attached hydrogens (tertiary/aromatic N) is 1. The number of amides is 3. The van der Waals surface area contributed by atoms with Gasteiger partial charge in [0.15, 0.2) is 0 Å². The molecule has 0 atom stereocenters. The second-order valence-electron chi connectivity index (χ2n) is 8.38. The minimum absolute atomic E-state index is 0.0891. The number of carbonyl (C=O) groups is 4. The third kappa shape index (κ3) is 5.39. The van der Waals surface area contributed by atoms with Crippen LogP contribution in [0.1, 0.15) is 38.8 Å². The number of halogens is 1. The lowest BCUT2D eigenvalue weighted by molar-refractivity contribution is -0.120. The van der Waals surface area contributed by atoms with E-state index in [0.717, 1.165) is 21.7 Å². The molecule has 0 spiro atoms. The smallest absolute Gasteiger partial charge is 0.338 e. The summed E-state index contributed by atoms with van der Waals surface area (Å²) in [5.41, 5.74) is 4.07. The number of benzene rings is 3. The number of nitrogens with one attached hydrogen (secondary N) is 2. The van der Waals surface area contributed by atoms with Gasteiger partial charge in [0.25, 0.3) is 17.7 Å². The highest BCUT2D eigenvalue weighted by atomic mass is 35.5. The summed E-state index contributed by atoms with van der Waals surface area (Å²) in [5.74, 6) is -2.11. The second kappa shape index (κ2) is 10.7. The van der Waals surface area contributed by atoms with E-state index >= 15 is 0 Å². The van der Waals surface area contributed by atoms with Crippen molar-refractivity contribution < 1.29 is 23.9 Å². The first-order valence-electron chi connectivity index (χ1n) is 11.5. The van der Waals surface area contributed by atoms with Crippen LogP contribution in [0, 0.1) is 13.8 Å². The summed E-state index contributed by atoms with van der Waals surface area (Å²) in [4.78, 5) is 51.2. The Labute approximate surface area is 218 Å². The molecule has 0 aliphatic carbocycles. The lowest BCUT2D eigenvalue weighted by Crippen LogP contribution is -2.32. The largest absolute Gasteiger partial charge is 0.462 e. The van der Waals surface area contributed by atoms with E-state index in [0.29, 0.717) is 16.8 Å². The fourth-order valence-corrected chi connectivity index (χ4v) is 3.93. The lowest BCUT2D eigenvalue weighted by atomic mass is 10.1. The summed E-state index contributed by atoms with van der Waals surface area (Å²) in [6.45, 7) is 5.79. The Bertz CT molecular complexity index is 1430. The predicted molar refractivity (Wildman–Crippen MR) is 142 cm³/mol. The summed E-state index contributed by atoms with van der Waals surface area (Å²) in [6, 6.07) is 18.1. The third-order valence-corrected chi connectivity index (χ3v) is 6.07. The average molecular weight is 518 g/mol. The quantitative estimate of drug-likeness (QED) is 0.331. The van der Waals surface area contributed by atoms with Crippen LogP contribution < -0.4 is 15.5 Å². The molecule has 188 valence electrons. The van der Waals surface area contributed by atoms with Crippen LogP contribution in [0.15, 0.2) is 77.5 Å². The number of rotatable bonds is 7. The number of anilines is 3. The van der Waals surface area contributed by atoms with Gasteiger partial charge in [-0.2, -0.15) is 0 Å². The zero-order valence-electron chi connectivity index (χ0n) is 20.4. The van der Waals surface area contributed by atoms with Crippen molar-refractivity contribution in [3.8, 4) is 0 Å². The Morgan fingerprint density at radius 1 is 0.892 bits per heavy atom. The Hall–Kier alpha value is -4.43. The van der Waals surface area contributed by atoms with E-state index in [4.69, 9.17) is 16.3 Å². The molecule has 0 unspecified atom stereocenters. The molecule has 9 heteroatoms. The summed E-state index contributed by atoms with van der Waals surface area (Å²) in [5, 5.41) is 5.51. The number of esters is 1. The van der Waals surface area contributed by atoms with E-state index in [1.165, 1.54) is 24.3 Å². The van der Waals surface area contributed by atoms with Crippen LogP contribution in [0.25, 0.3) is 0 Å². The standard InChI is InChI=1S/C28H24ClN3O5/c1-4-37-28(36)19-9-13-21(14-10-19)32-26(34)23(29)24(27(32)35)30-20-11-7-18(8-12-20)25(33)31-22-15-16(2)5-6-17(22)3/h5-15,30H,4H2,1-3H3,(H,31,33). The van der Waals surface area contributed by atoms with Crippen molar-refractivity contribution in [3.63, 3.8) is 0 Å². The van der Waals surface area contributed by atoms with Gasteiger partial charge in [-0.15, -0.1) is 0 Å². The highest BCUT2D eigenvalue weighted by Gasteiger charge is 2.39. The van der Waals surface area contributed by atoms with Crippen LogP contribution in [0.5, 0.6) is 0 Å². The molecule has 0 radical (unpaired) electrons. The number of hydrogen-bond acceptors (Lipinski definition) is 6. The fourth-order valence-electron chi connectivity index (χ4n) is 3.72. The van der Waals surface area contributed by atoms with Crippen molar-refractivity contribution in [3.05, 3.63) is 99.7 Å². The summed E-state index contributed by atoms with van der Waals surface area (Å²) in [6.07, 6.45) is 0. The highest BCUT2D eigenvalue weighted by Crippen LogP contribution is 2.30. The summed E-state index contributed by atoms with van der Waals surface area (Å²) < 4.78 is 4.95. The molecule has 0 saturated heterocycles. The van der Waals surface area contributed by atoms with E-state index in [2.05, 4.69) is 10.6 Å². The van der Waals surface area contributed by atoms with Crippen molar-refractivity contribution in [2.24, 2.45) is 0 Å². The Balaban J connectivity index is 1.46. The highest BCUT2D eigenvalue weighted by molar-refractivity contribution is 6.53. The maximum atomic E-state index is 13.0. The molecule has 1 aliphatic rings. The number of ether oxygens (including phenoxy) is 1. The van der Waals surface area contributed by atoms with Gasteiger partial charge >= 0.3 is 5.97 Å². The molecule has 2 N–H and O–H groups in total. The Morgan fingerprint density at radius 3 is 2.19 bits per heavy atom. The van der Waals surface area contributed by atoms with Crippen molar-refractivity contribution in [2.45, 2.75) is 20.8 Å². The molecule has 3 aromatic carbocycles. The van der Waals surface area contributed by atoms with Crippen LogP contribution in [0.4, 0.5) is 17.1 Å². The molecular formula is C28H24ClN3O5. The minimum Gasteiger partial charge on any atom is -0.462 e. The number of aryl methyl sites for hydroxylation is 2. The van der Waals surface area contributed by atoms with Gasteiger partial charge < -0.3 is 15.4 Å². The van der Waals surface area contributed by atoms with Crippen LogP contribution in [-0.4, -0.2) is 30.3 Å². The predicted octanol–water partition coefficient (Wildman–Crippen LogP) is 5.17. The molecule has 0 saturated carbocycles. The summed E-state index contributed by atoms with van der Waals surface area (Å²) in [7, 11) is 0. The van der Waals surface area contributed by atoms with E-state index in [1.807, 2.05) is 32.0 Å². The average Bonchev–Trinajstić information content (AvgIpc) is 3.09. The number of imide groups is 1. The SMILES string of the molecule is CCOC(=O)c1ccc(N2C(=O)C(Cl)=C(Nc3ccc(C(=O)Nc4cc(C)ccc4C)cc3)C2=O)cc1. The van der Waals surface area contributed by atoms with Gasteiger partial charge in [-0.05, 0) is 86.5 Å². The van der Waals surface area contributed by atoms with E-state index in [1.54, 1.807) is 31.2 Å². The molecule has 37 heavy (non-hydrogen) atoms. The Morgan fingerprint density at radius 2 is 1.54 bits per heavy atom. The number of carbonyl (C=O) groups excluding carboxylic acids is 4. The monoisotopic (exact) mass is 517 g/mol. The molecule has 4 rings (SSSR count). The normalized spacial score (nSPS) is 13.1. The van der Waals surface area contributed by atoms with Crippen LogP contribution >= 0.6 is 11.6 Å². The Kier molecular flexibility index (Phi) is 7.40. The van der Waals surface area contributed by atoms with E-state index in [9.17, 15) is 19.2 Å². The summed E-state index contributed by atoms with van der Waals surface area (Å²) >= 11 is 6.21. The van der Waals surface area contributed by atoms with Crippen LogP contribution in [0.2, 0.25) is 0 Å². The molecule has 8 nitrogen and oxygen atoms in total. The molecule has 0 bridgehead atoms. The van der Waals surface area contributed by atoms with Gasteiger partial charge in [-0.1, -0.05) is 23.7 Å². The zero-order valence-corrected chi connectivity index (χ0v) is 21.2. The maximum absolute atomic E-state index is 13.0. The molecule has 1 aliphatic heterocycles. The first kappa shape index (κ1) is 25.7. The van der Waals surface area contributed by atoms with Crippen molar-refractivity contribution in [1.29, 1.82) is 0 Å². The van der Waals surface area contributed by atoms with Crippen molar-refractivity contribution in [2.75, 3.05) is 22.1 Å². The molecule has 0 fully saturated rings. The lowest BCUT2D eigenvalue weighted by Gasteiger charge is -2.15. The van der Waals surface area contributed by atoms with Gasteiger partial charge in [0, 0.05) is 16.9 Å². The zero-order chi connectivity index (χ0) is 26.7. The molecular weight excluding hydrogens is 494 g/mol. The van der Waals surface area contributed by atoms with Crippen LogP contribution in [-0.2, 0) is 14.3 Å².